The van der Waals surface area contributed by atoms with Crippen LogP contribution in [-0.2, 0) is 4.74 Å². The number of carbonyl (C=O) groups excluding carboxylic acids is 1. The highest BCUT2D eigenvalue weighted by atomic mass is 16.5. The Morgan fingerprint density at radius 2 is 2.00 bits per heavy atom. The average molecular weight is 320 g/mol. The maximum Gasteiger partial charge on any atom is 0.342 e. The second-order valence-electron chi connectivity index (χ2n) is 6.50. The van der Waals surface area contributed by atoms with Crippen molar-refractivity contribution in [3.05, 3.63) is 23.9 Å². The molecule has 0 aromatic carbocycles. The summed E-state index contributed by atoms with van der Waals surface area (Å²) in [6.45, 7) is 11.1. The van der Waals surface area contributed by atoms with Crippen LogP contribution in [0.1, 0.15) is 31.1 Å². The van der Waals surface area contributed by atoms with Crippen LogP contribution in [0.15, 0.2) is 18.3 Å². The first kappa shape index (κ1) is 17.7. The highest BCUT2D eigenvalue weighted by Gasteiger charge is 2.19. The van der Waals surface area contributed by atoms with Crippen LogP contribution < -0.4 is 5.32 Å². The first-order valence-electron chi connectivity index (χ1n) is 8.29. The number of anilines is 1. The Morgan fingerprint density at radius 1 is 1.30 bits per heavy atom. The van der Waals surface area contributed by atoms with Crippen molar-refractivity contribution in [3.8, 4) is 0 Å². The van der Waals surface area contributed by atoms with Crippen LogP contribution in [-0.4, -0.2) is 72.7 Å². The maximum atomic E-state index is 12.2. The number of nitrogens with zero attached hydrogens (tertiary/aromatic N) is 3. The quantitative estimate of drug-likeness (QED) is 0.805. The van der Waals surface area contributed by atoms with Gasteiger partial charge in [-0.1, -0.05) is 0 Å². The van der Waals surface area contributed by atoms with E-state index in [1.807, 2.05) is 13.8 Å². The molecule has 23 heavy (non-hydrogen) atoms. The molecule has 0 spiro atoms. The van der Waals surface area contributed by atoms with E-state index in [4.69, 9.17) is 4.74 Å². The minimum absolute atomic E-state index is 0.140. The summed E-state index contributed by atoms with van der Waals surface area (Å²) >= 11 is 0. The summed E-state index contributed by atoms with van der Waals surface area (Å²) in [6, 6.07) is 3.72. The van der Waals surface area contributed by atoms with Crippen molar-refractivity contribution in [1.82, 2.24) is 14.8 Å². The molecule has 1 aliphatic heterocycles. The summed E-state index contributed by atoms with van der Waals surface area (Å²) in [4.78, 5) is 21.3. The van der Waals surface area contributed by atoms with Gasteiger partial charge in [0.05, 0.1) is 6.10 Å². The Morgan fingerprint density at radius 3 is 2.65 bits per heavy atom. The summed E-state index contributed by atoms with van der Waals surface area (Å²) < 4.78 is 5.29. The van der Waals surface area contributed by atoms with E-state index in [1.165, 1.54) is 0 Å². The molecule has 0 radical (unpaired) electrons. The Hall–Kier alpha value is -1.66. The number of piperazine rings is 1. The van der Waals surface area contributed by atoms with Crippen LogP contribution in [0.25, 0.3) is 0 Å². The van der Waals surface area contributed by atoms with Gasteiger partial charge < -0.3 is 15.0 Å². The van der Waals surface area contributed by atoms with E-state index < -0.39 is 0 Å². The van der Waals surface area contributed by atoms with Gasteiger partial charge in [-0.2, -0.15) is 0 Å². The molecule has 2 rings (SSSR count). The van der Waals surface area contributed by atoms with E-state index in [0.29, 0.717) is 11.4 Å². The third kappa shape index (κ3) is 5.48. The number of nitrogens with one attached hydrogen (secondary N) is 1. The van der Waals surface area contributed by atoms with Crippen LogP contribution in [0.4, 0.5) is 5.82 Å². The number of hydrogen-bond acceptors (Lipinski definition) is 6. The van der Waals surface area contributed by atoms with Crippen LogP contribution in [0.5, 0.6) is 0 Å². The van der Waals surface area contributed by atoms with E-state index in [-0.39, 0.29) is 18.1 Å². The van der Waals surface area contributed by atoms with Gasteiger partial charge in [-0.05, 0) is 40.0 Å². The van der Waals surface area contributed by atoms with Crippen LogP contribution >= 0.6 is 0 Å². The molecule has 0 bridgehead atoms. The number of carbonyl (C=O) groups is 1. The molecule has 1 aromatic rings. The summed E-state index contributed by atoms with van der Waals surface area (Å²) in [6.07, 6.45) is 1.55. The minimum atomic E-state index is -0.331. The second kappa shape index (κ2) is 8.26. The summed E-state index contributed by atoms with van der Waals surface area (Å²) in [5.74, 6) is 0.266. The first-order chi connectivity index (χ1) is 11.0. The van der Waals surface area contributed by atoms with Gasteiger partial charge in [-0.25, -0.2) is 9.78 Å². The monoisotopic (exact) mass is 320 g/mol. The summed E-state index contributed by atoms with van der Waals surface area (Å²) in [5, 5.41) is 3.36. The molecular formula is C17H28N4O2. The van der Waals surface area contributed by atoms with E-state index in [0.717, 1.165) is 32.7 Å². The van der Waals surface area contributed by atoms with Crippen molar-refractivity contribution in [2.75, 3.05) is 45.1 Å². The Bertz CT molecular complexity index is 513. The molecule has 0 saturated carbocycles. The predicted octanol–water partition coefficient (Wildman–Crippen LogP) is 1.69. The fourth-order valence-electron chi connectivity index (χ4n) is 2.66. The van der Waals surface area contributed by atoms with Gasteiger partial charge in [0.2, 0.25) is 0 Å². The molecule has 1 aliphatic rings. The van der Waals surface area contributed by atoms with Crippen LogP contribution in [0.3, 0.4) is 0 Å². The Labute approximate surface area is 138 Å². The van der Waals surface area contributed by atoms with Crippen molar-refractivity contribution >= 4 is 11.8 Å². The first-order valence-corrected chi connectivity index (χ1v) is 8.29. The topological polar surface area (TPSA) is 57.7 Å². The molecule has 6 nitrogen and oxygen atoms in total. The zero-order valence-electron chi connectivity index (χ0n) is 14.6. The van der Waals surface area contributed by atoms with Crippen LogP contribution in [0.2, 0.25) is 0 Å². The van der Waals surface area contributed by atoms with Crippen molar-refractivity contribution in [2.45, 2.75) is 32.9 Å². The number of ether oxygens (including phenoxy) is 1. The Balaban J connectivity index is 1.95. The summed E-state index contributed by atoms with van der Waals surface area (Å²) in [7, 11) is 2.15. The highest BCUT2D eigenvalue weighted by Crippen LogP contribution is 2.15. The van der Waals surface area contributed by atoms with Gasteiger partial charge in [-0.15, -0.1) is 0 Å². The molecular weight excluding hydrogens is 292 g/mol. The molecule has 128 valence electrons. The molecule has 0 amide bonds. The molecule has 1 atom stereocenters. The minimum Gasteiger partial charge on any atom is -0.459 e. The fraction of sp³-hybridized carbons (Fsp3) is 0.647. The van der Waals surface area contributed by atoms with Gasteiger partial charge >= 0.3 is 5.97 Å². The lowest BCUT2D eigenvalue weighted by atomic mass is 10.2. The lowest BCUT2D eigenvalue weighted by Gasteiger charge is -2.34. The number of likely N-dealkylation sites (N-methyl/N-ethyl adjacent to an activating group) is 1. The number of hydrogen-bond donors (Lipinski definition) is 1. The number of pyridine rings is 1. The largest absolute Gasteiger partial charge is 0.459 e. The van der Waals surface area contributed by atoms with Gasteiger partial charge in [-0.3, -0.25) is 4.90 Å². The number of aromatic nitrogens is 1. The molecule has 2 heterocycles. The maximum absolute atomic E-state index is 12.2. The molecule has 1 N–H and O–H groups in total. The van der Waals surface area contributed by atoms with Crippen molar-refractivity contribution in [2.24, 2.45) is 0 Å². The van der Waals surface area contributed by atoms with Gasteiger partial charge in [0, 0.05) is 45.0 Å². The molecule has 1 fully saturated rings. The fourth-order valence-corrected chi connectivity index (χ4v) is 2.66. The smallest absolute Gasteiger partial charge is 0.342 e. The van der Waals surface area contributed by atoms with Crippen molar-refractivity contribution in [1.29, 1.82) is 0 Å². The van der Waals surface area contributed by atoms with Crippen molar-refractivity contribution < 1.29 is 9.53 Å². The van der Waals surface area contributed by atoms with E-state index >= 15 is 0 Å². The standard InChI is InChI=1S/C17H28N4O2/c1-13(2)23-17(22)15-6-5-7-18-16(15)19-14(3)12-21-10-8-20(4)9-11-21/h5-7,13-14H,8-12H2,1-4H3,(H,18,19). The third-order valence-corrected chi connectivity index (χ3v) is 3.88. The van der Waals surface area contributed by atoms with Gasteiger partial charge in [0.25, 0.3) is 0 Å². The van der Waals surface area contributed by atoms with E-state index in [9.17, 15) is 4.79 Å². The zero-order valence-corrected chi connectivity index (χ0v) is 14.6. The third-order valence-electron chi connectivity index (χ3n) is 3.88. The van der Waals surface area contributed by atoms with Crippen molar-refractivity contribution in [3.63, 3.8) is 0 Å². The second-order valence-corrected chi connectivity index (χ2v) is 6.50. The highest BCUT2D eigenvalue weighted by molar-refractivity contribution is 5.94. The lowest BCUT2D eigenvalue weighted by Crippen LogP contribution is -2.47. The SMILES string of the molecule is CC(CN1CCN(C)CC1)Nc1ncccc1C(=O)OC(C)C. The molecule has 1 unspecified atom stereocenters. The summed E-state index contributed by atoms with van der Waals surface area (Å²) in [5.41, 5.74) is 0.492. The predicted molar refractivity (Wildman–Crippen MR) is 91.8 cm³/mol. The average Bonchev–Trinajstić information content (AvgIpc) is 2.49. The molecule has 1 saturated heterocycles. The van der Waals surface area contributed by atoms with E-state index in [2.05, 4.69) is 34.1 Å². The Kier molecular flexibility index (Phi) is 6.36. The number of esters is 1. The molecule has 6 heteroatoms. The van der Waals surface area contributed by atoms with Gasteiger partial charge in [0.15, 0.2) is 0 Å². The zero-order chi connectivity index (χ0) is 16.8. The lowest BCUT2D eigenvalue weighted by molar-refractivity contribution is 0.0378. The van der Waals surface area contributed by atoms with Gasteiger partial charge in [0.1, 0.15) is 11.4 Å². The number of rotatable bonds is 6. The van der Waals surface area contributed by atoms with Crippen LogP contribution in [0, 0.1) is 0 Å². The molecule has 1 aromatic heterocycles. The molecule has 0 aliphatic carbocycles. The van der Waals surface area contributed by atoms with E-state index in [1.54, 1.807) is 18.3 Å². The normalized spacial score (nSPS) is 18.0.